The van der Waals surface area contributed by atoms with E-state index in [1.165, 1.54) is 23.1 Å². The highest BCUT2D eigenvalue weighted by atomic mass is 19.1. The van der Waals surface area contributed by atoms with E-state index in [0.717, 1.165) is 0 Å². The van der Waals surface area contributed by atoms with Crippen molar-refractivity contribution in [2.24, 2.45) is 0 Å². The number of alkyl halides is 1. The van der Waals surface area contributed by atoms with Crippen LogP contribution in [0.4, 0.5) is 8.78 Å². The molecule has 1 aromatic rings. The summed E-state index contributed by atoms with van der Waals surface area (Å²) in [4.78, 5) is 13.7. The van der Waals surface area contributed by atoms with Gasteiger partial charge in [0, 0.05) is 11.0 Å². The number of halogens is 2. The number of rotatable bonds is 2. The molecule has 0 saturated carbocycles. The molecule has 0 bridgehead atoms. The molecule has 0 spiro atoms. The molecule has 2 aliphatic rings. The Balaban J connectivity index is 1.86. The van der Waals surface area contributed by atoms with Gasteiger partial charge in [-0.3, -0.25) is 4.79 Å². The first-order valence-corrected chi connectivity index (χ1v) is 7.69. The maximum Gasteiger partial charge on any atom is 0.497 e. The van der Waals surface area contributed by atoms with Crippen LogP contribution < -0.4 is 5.46 Å². The summed E-state index contributed by atoms with van der Waals surface area (Å²) in [5.74, 6) is -0.802. The Hall–Kier alpha value is -1.47. The Morgan fingerprint density at radius 1 is 1.22 bits per heavy atom. The predicted octanol–water partition coefficient (Wildman–Crippen LogP) is 1.92. The van der Waals surface area contributed by atoms with Crippen LogP contribution >= 0.6 is 0 Å². The highest BCUT2D eigenvalue weighted by Gasteiger charge is 2.52. The number of hydrogen-bond acceptors (Lipinski definition) is 3. The number of nitrogens with zero attached hydrogens (tertiary/aromatic N) is 1. The van der Waals surface area contributed by atoms with Gasteiger partial charge in [-0.05, 0) is 45.9 Å². The smallest absolute Gasteiger partial charge is 0.399 e. The molecule has 2 aliphatic heterocycles. The average Bonchev–Trinajstić information content (AvgIpc) is 2.63. The minimum absolute atomic E-state index is 0.0854. The molecule has 0 unspecified atom stereocenters. The molecule has 0 aliphatic carbocycles. The molecule has 0 aromatic heterocycles. The number of amides is 1. The van der Waals surface area contributed by atoms with Gasteiger partial charge in [-0.15, -0.1) is 0 Å². The molecule has 2 fully saturated rings. The second-order valence-electron chi connectivity index (χ2n) is 7.13. The highest BCUT2D eigenvalue weighted by Crippen LogP contribution is 2.36. The standard InChI is InChI=1S/C16H20BF2NO3/c1-15(2)16(3,4)23-17(22-15)12-7-10(5-6-13(12)19)14(21)20-8-11(18)9-20/h5-7,11H,8-9H2,1-4H3. The molecule has 1 amide bonds. The summed E-state index contributed by atoms with van der Waals surface area (Å²) >= 11 is 0. The fourth-order valence-corrected chi connectivity index (χ4v) is 2.60. The Morgan fingerprint density at radius 3 is 2.30 bits per heavy atom. The van der Waals surface area contributed by atoms with Gasteiger partial charge in [0.1, 0.15) is 12.0 Å². The molecule has 4 nitrogen and oxygen atoms in total. The lowest BCUT2D eigenvalue weighted by Gasteiger charge is -2.34. The van der Waals surface area contributed by atoms with E-state index in [-0.39, 0.29) is 24.5 Å². The van der Waals surface area contributed by atoms with Crippen LogP contribution in [0, 0.1) is 5.82 Å². The Bertz CT molecular complexity index is 628. The van der Waals surface area contributed by atoms with Gasteiger partial charge in [0.05, 0.1) is 24.3 Å². The molecule has 0 atom stereocenters. The van der Waals surface area contributed by atoms with E-state index in [1.54, 1.807) is 0 Å². The van der Waals surface area contributed by atoms with Crippen molar-refractivity contribution in [1.29, 1.82) is 0 Å². The van der Waals surface area contributed by atoms with Gasteiger partial charge < -0.3 is 14.2 Å². The van der Waals surface area contributed by atoms with Crippen LogP contribution in [0.2, 0.25) is 0 Å². The first kappa shape index (κ1) is 16.4. The summed E-state index contributed by atoms with van der Waals surface area (Å²) in [5, 5.41) is 0. The molecule has 2 heterocycles. The maximum atomic E-state index is 14.2. The summed E-state index contributed by atoms with van der Waals surface area (Å²) in [7, 11) is -0.877. The summed E-state index contributed by atoms with van der Waals surface area (Å²) in [6.07, 6.45) is -0.970. The summed E-state index contributed by atoms with van der Waals surface area (Å²) in [6.45, 7) is 7.68. The van der Waals surface area contributed by atoms with Gasteiger partial charge in [-0.25, -0.2) is 8.78 Å². The number of carbonyl (C=O) groups is 1. The molecule has 3 rings (SSSR count). The SMILES string of the molecule is CC1(C)OB(c2cc(C(=O)N3CC(F)C3)ccc2F)OC1(C)C. The summed E-state index contributed by atoms with van der Waals surface area (Å²) in [6, 6.07) is 4.06. The molecule has 2 saturated heterocycles. The first-order chi connectivity index (χ1) is 10.6. The van der Waals surface area contributed by atoms with Gasteiger partial charge in [-0.2, -0.15) is 0 Å². The van der Waals surface area contributed by atoms with Crippen LogP contribution in [0.3, 0.4) is 0 Å². The van der Waals surface area contributed by atoms with Crippen LogP contribution in [0.1, 0.15) is 38.1 Å². The van der Waals surface area contributed by atoms with Crippen molar-refractivity contribution in [2.75, 3.05) is 13.1 Å². The van der Waals surface area contributed by atoms with E-state index >= 15 is 0 Å². The molecule has 124 valence electrons. The van der Waals surface area contributed by atoms with Crippen LogP contribution in [-0.2, 0) is 9.31 Å². The van der Waals surface area contributed by atoms with Crippen LogP contribution in [0.25, 0.3) is 0 Å². The van der Waals surface area contributed by atoms with Crippen molar-refractivity contribution in [3.63, 3.8) is 0 Å². The monoisotopic (exact) mass is 323 g/mol. The van der Waals surface area contributed by atoms with Gasteiger partial charge in [-0.1, -0.05) is 0 Å². The minimum atomic E-state index is -0.970. The predicted molar refractivity (Wildman–Crippen MR) is 82.9 cm³/mol. The number of hydrogen-bond donors (Lipinski definition) is 0. The van der Waals surface area contributed by atoms with Gasteiger partial charge in [0.2, 0.25) is 0 Å². The third-order valence-electron chi connectivity index (χ3n) is 4.87. The van der Waals surface area contributed by atoms with E-state index in [1.807, 2.05) is 27.7 Å². The topological polar surface area (TPSA) is 38.8 Å². The van der Waals surface area contributed by atoms with Crippen molar-refractivity contribution in [3.05, 3.63) is 29.6 Å². The molecule has 0 N–H and O–H groups in total. The second-order valence-corrected chi connectivity index (χ2v) is 7.13. The van der Waals surface area contributed by atoms with Crippen molar-refractivity contribution in [1.82, 2.24) is 4.90 Å². The third kappa shape index (κ3) is 2.76. The molecule has 1 aromatic carbocycles. The Kier molecular flexibility index (Phi) is 3.76. The summed E-state index contributed by atoms with van der Waals surface area (Å²) < 4.78 is 38.8. The van der Waals surface area contributed by atoms with Crippen molar-refractivity contribution in [3.8, 4) is 0 Å². The Labute approximate surface area is 134 Å². The van der Waals surface area contributed by atoms with E-state index in [9.17, 15) is 13.6 Å². The van der Waals surface area contributed by atoms with Gasteiger partial charge >= 0.3 is 7.12 Å². The van der Waals surface area contributed by atoms with E-state index in [2.05, 4.69) is 0 Å². The molecule has 23 heavy (non-hydrogen) atoms. The zero-order valence-electron chi connectivity index (χ0n) is 13.7. The van der Waals surface area contributed by atoms with Crippen LogP contribution in [-0.4, -0.2) is 48.4 Å². The quantitative estimate of drug-likeness (QED) is 0.781. The molecular weight excluding hydrogens is 303 g/mol. The van der Waals surface area contributed by atoms with E-state index < -0.39 is 30.3 Å². The number of likely N-dealkylation sites (tertiary alicyclic amines) is 1. The van der Waals surface area contributed by atoms with Gasteiger partial charge in [0.25, 0.3) is 5.91 Å². The zero-order chi connectivity index (χ0) is 17.0. The molecule has 0 radical (unpaired) electrons. The lowest BCUT2D eigenvalue weighted by molar-refractivity contribution is 0.00578. The van der Waals surface area contributed by atoms with Crippen LogP contribution in [0.5, 0.6) is 0 Å². The average molecular weight is 323 g/mol. The maximum absolute atomic E-state index is 14.2. The third-order valence-corrected chi connectivity index (χ3v) is 4.87. The van der Waals surface area contributed by atoms with E-state index in [0.29, 0.717) is 5.56 Å². The fraction of sp³-hybridized carbons (Fsp3) is 0.562. The van der Waals surface area contributed by atoms with Crippen LogP contribution in [0.15, 0.2) is 18.2 Å². The lowest BCUT2D eigenvalue weighted by atomic mass is 9.77. The zero-order valence-corrected chi connectivity index (χ0v) is 13.7. The lowest BCUT2D eigenvalue weighted by Crippen LogP contribution is -2.51. The fourth-order valence-electron chi connectivity index (χ4n) is 2.60. The normalized spacial score (nSPS) is 23.0. The summed E-state index contributed by atoms with van der Waals surface area (Å²) in [5.41, 5.74) is -0.693. The van der Waals surface area contributed by atoms with Crippen molar-refractivity contribution >= 4 is 18.5 Å². The molecular formula is C16H20BF2NO3. The number of benzene rings is 1. The number of carbonyl (C=O) groups excluding carboxylic acids is 1. The first-order valence-electron chi connectivity index (χ1n) is 7.69. The van der Waals surface area contributed by atoms with Crippen molar-refractivity contribution in [2.45, 2.75) is 45.1 Å². The van der Waals surface area contributed by atoms with E-state index in [4.69, 9.17) is 9.31 Å². The Morgan fingerprint density at radius 2 is 1.78 bits per heavy atom. The van der Waals surface area contributed by atoms with Crippen molar-refractivity contribution < 1.29 is 22.9 Å². The highest BCUT2D eigenvalue weighted by molar-refractivity contribution is 6.62. The second kappa shape index (κ2) is 5.28. The molecule has 7 heteroatoms. The minimum Gasteiger partial charge on any atom is -0.399 e. The van der Waals surface area contributed by atoms with Gasteiger partial charge in [0.15, 0.2) is 0 Å². The largest absolute Gasteiger partial charge is 0.497 e.